The van der Waals surface area contributed by atoms with E-state index in [-0.39, 0.29) is 28.7 Å². The van der Waals surface area contributed by atoms with Crippen molar-refractivity contribution in [1.29, 1.82) is 0 Å². The summed E-state index contributed by atoms with van der Waals surface area (Å²) in [5, 5.41) is 6.66. The van der Waals surface area contributed by atoms with Gasteiger partial charge in [0.15, 0.2) is 10.9 Å². The zero-order chi connectivity index (χ0) is 25.2. The van der Waals surface area contributed by atoms with Gasteiger partial charge in [-0.25, -0.2) is 0 Å². The zero-order valence-electron chi connectivity index (χ0n) is 20.8. The number of hydrogen-bond donors (Lipinski definition) is 2. The number of methoxy groups -OCH3 is 1. The number of anilines is 1. The predicted molar refractivity (Wildman–Crippen MR) is 144 cm³/mol. The molecular formula is C29H34N2O4S. The van der Waals surface area contributed by atoms with Gasteiger partial charge in [-0.15, -0.1) is 0 Å². The van der Waals surface area contributed by atoms with Crippen molar-refractivity contribution < 1.29 is 19.1 Å². The fourth-order valence-electron chi connectivity index (χ4n) is 5.68. The van der Waals surface area contributed by atoms with Gasteiger partial charge in [0, 0.05) is 17.0 Å². The van der Waals surface area contributed by atoms with Crippen LogP contribution < -0.4 is 10.6 Å². The Morgan fingerprint density at radius 2 is 1.64 bits per heavy atom. The van der Waals surface area contributed by atoms with Crippen LogP contribution in [0.3, 0.4) is 0 Å². The number of thiocarbonyl (C=S) groups is 1. The number of ketones is 1. The van der Waals surface area contributed by atoms with E-state index >= 15 is 0 Å². The fourth-order valence-corrected chi connectivity index (χ4v) is 5.87. The molecule has 2 N–H and O–H groups in total. The number of ether oxygens (including phenoxy) is 2. The van der Waals surface area contributed by atoms with Crippen LogP contribution in [0.15, 0.2) is 48.5 Å². The van der Waals surface area contributed by atoms with Crippen molar-refractivity contribution >= 4 is 34.8 Å². The Labute approximate surface area is 218 Å². The number of Topliss-reactive ketones (excluding diaryl/α,β-unsaturated/α-hetero) is 1. The molecule has 2 bridgehead atoms. The van der Waals surface area contributed by atoms with Crippen LogP contribution in [-0.2, 0) is 24.5 Å². The lowest BCUT2D eigenvalue weighted by atomic mass is 9.62. The van der Waals surface area contributed by atoms with Gasteiger partial charge in [0.1, 0.15) is 0 Å². The molecule has 0 amide bonds. The molecule has 2 heterocycles. The van der Waals surface area contributed by atoms with Crippen LogP contribution in [0.4, 0.5) is 5.69 Å². The van der Waals surface area contributed by atoms with E-state index in [1.165, 1.54) is 12.7 Å². The van der Waals surface area contributed by atoms with Crippen LogP contribution in [0.25, 0.3) is 11.1 Å². The van der Waals surface area contributed by atoms with Gasteiger partial charge in [-0.05, 0) is 79.6 Å². The van der Waals surface area contributed by atoms with E-state index in [1.54, 1.807) is 0 Å². The van der Waals surface area contributed by atoms with E-state index < -0.39 is 0 Å². The number of carbonyl (C=O) groups excluding carboxylic acids is 2. The minimum absolute atomic E-state index is 0.0346. The average molecular weight is 507 g/mol. The van der Waals surface area contributed by atoms with Crippen molar-refractivity contribution in [2.75, 3.05) is 25.6 Å². The molecule has 0 atom stereocenters. The van der Waals surface area contributed by atoms with E-state index in [1.807, 2.05) is 12.1 Å². The SMILES string of the molecule is COC(=O)CC12CCC(c3ccc(-c4ccc(NC(=S)NCC(=O)C5CCC5)cc4)cc3)(CC1)CO2. The summed E-state index contributed by atoms with van der Waals surface area (Å²) in [6, 6.07) is 16.9. The first-order valence-electron chi connectivity index (χ1n) is 12.9. The Balaban J connectivity index is 1.16. The maximum atomic E-state index is 12.0. The molecule has 0 aromatic heterocycles. The van der Waals surface area contributed by atoms with Crippen molar-refractivity contribution in [3.05, 3.63) is 54.1 Å². The van der Waals surface area contributed by atoms with Crippen molar-refractivity contribution in [1.82, 2.24) is 5.32 Å². The van der Waals surface area contributed by atoms with Crippen LogP contribution in [0.5, 0.6) is 0 Å². The predicted octanol–water partition coefficient (Wildman–Crippen LogP) is 5.15. The molecule has 6 nitrogen and oxygen atoms in total. The Morgan fingerprint density at radius 1 is 1.00 bits per heavy atom. The van der Waals surface area contributed by atoms with E-state index in [9.17, 15) is 9.59 Å². The summed E-state index contributed by atoms with van der Waals surface area (Å²) in [6.07, 6.45) is 7.37. The summed E-state index contributed by atoms with van der Waals surface area (Å²) in [5.74, 6) is 0.277. The maximum absolute atomic E-state index is 12.0. The van der Waals surface area contributed by atoms with E-state index in [0.717, 1.165) is 61.8 Å². The first-order valence-corrected chi connectivity index (χ1v) is 13.3. The maximum Gasteiger partial charge on any atom is 0.308 e. The molecule has 2 aromatic rings. The van der Waals surface area contributed by atoms with E-state index in [4.69, 9.17) is 21.7 Å². The van der Waals surface area contributed by atoms with Crippen LogP contribution in [0.1, 0.15) is 56.9 Å². The Morgan fingerprint density at radius 3 is 2.17 bits per heavy atom. The lowest BCUT2D eigenvalue weighted by Crippen LogP contribution is -2.54. The van der Waals surface area contributed by atoms with Gasteiger partial charge < -0.3 is 20.1 Å². The summed E-state index contributed by atoms with van der Waals surface area (Å²) >= 11 is 5.35. The molecule has 2 aromatic carbocycles. The minimum Gasteiger partial charge on any atom is -0.469 e. The lowest BCUT2D eigenvalue weighted by molar-refractivity contribution is -0.176. The summed E-state index contributed by atoms with van der Waals surface area (Å²) in [7, 11) is 1.44. The van der Waals surface area contributed by atoms with Gasteiger partial charge in [0.2, 0.25) is 0 Å². The smallest absolute Gasteiger partial charge is 0.308 e. The summed E-state index contributed by atoms with van der Waals surface area (Å²) in [6.45, 7) is 0.948. The molecule has 6 rings (SSSR count). The average Bonchev–Trinajstić information content (AvgIpc) is 2.88. The van der Waals surface area contributed by atoms with Crippen LogP contribution in [0.2, 0.25) is 0 Å². The molecule has 2 saturated carbocycles. The number of benzene rings is 2. The molecule has 2 saturated heterocycles. The van der Waals surface area contributed by atoms with Crippen LogP contribution in [-0.4, -0.2) is 42.7 Å². The second-order valence-electron chi connectivity index (χ2n) is 10.6. The third-order valence-electron chi connectivity index (χ3n) is 8.42. The summed E-state index contributed by atoms with van der Waals surface area (Å²) in [5.41, 5.74) is 4.18. The van der Waals surface area contributed by atoms with Gasteiger partial charge >= 0.3 is 5.97 Å². The molecule has 2 aliphatic carbocycles. The number of hydrogen-bond acceptors (Lipinski definition) is 5. The molecule has 4 fully saturated rings. The standard InChI is InChI=1S/C29H34N2O4S/c1-34-26(33)17-29-15-13-28(14-16-29,19-35-29)23-9-5-20(6-10-23)21-7-11-24(12-8-21)31-27(36)30-18-25(32)22-3-2-4-22/h5-12,22H,2-4,13-19H2,1H3,(H2,30,31,36). The van der Waals surface area contributed by atoms with E-state index in [2.05, 4.69) is 47.0 Å². The first kappa shape index (κ1) is 24.9. The summed E-state index contributed by atoms with van der Waals surface area (Å²) in [4.78, 5) is 23.9. The van der Waals surface area contributed by atoms with Gasteiger partial charge in [-0.1, -0.05) is 42.8 Å². The first-order chi connectivity index (χ1) is 17.4. The molecule has 4 aliphatic rings. The third-order valence-corrected chi connectivity index (χ3v) is 8.67. The quantitative estimate of drug-likeness (QED) is 0.379. The van der Waals surface area contributed by atoms with Crippen LogP contribution >= 0.6 is 12.2 Å². The highest BCUT2D eigenvalue weighted by atomic mass is 32.1. The molecular weight excluding hydrogens is 472 g/mol. The van der Waals surface area contributed by atoms with Gasteiger partial charge in [-0.3, -0.25) is 9.59 Å². The highest BCUT2D eigenvalue weighted by Crippen LogP contribution is 2.51. The minimum atomic E-state index is -0.339. The summed E-state index contributed by atoms with van der Waals surface area (Å²) < 4.78 is 11.1. The van der Waals surface area contributed by atoms with Gasteiger partial charge in [0.05, 0.1) is 32.3 Å². The molecule has 0 spiro atoms. The van der Waals surface area contributed by atoms with Crippen molar-refractivity contribution in [3.63, 3.8) is 0 Å². The molecule has 190 valence electrons. The number of rotatable bonds is 8. The highest BCUT2D eigenvalue weighted by molar-refractivity contribution is 7.80. The van der Waals surface area contributed by atoms with Crippen LogP contribution in [0, 0.1) is 5.92 Å². The van der Waals surface area contributed by atoms with Gasteiger partial charge in [0.25, 0.3) is 0 Å². The number of esters is 1. The molecule has 0 unspecified atom stereocenters. The molecule has 0 radical (unpaired) electrons. The molecule has 7 heteroatoms. The topological polar surface area (TPSA) is 76.7 Å². The number of fused-ring (bicyclic) bond motifs is 3. The van der Waals surface area contributed by atoms with Crippen molar-refractivity contribution in [3.8, 4) is 11.1 Å². The van der Waals surface area contributed by atoms with Crippen molar-refractivity contribution in [2.24, 2.45) is 5.92 Å². The zero-order valence-corrected chi connectivity index (χ0v) is 21.6. The number of carbonyl (C=O) groups is 2. The second-order valence-corrected chi connectivity index (χ2v) is 11.0. The van der Waals surface area contributed by atoms with Gasteiger partial charge in [-0.2, -0.15) is 0 Å². The van der Waals surface area contributed by atoms with E-state index in [0.29, 0.717) is 24.7 Å². The fraction of sp³-hybridized carbons (Fsp3) is 0.483. The normalized spacial score (nSPS) is 25.0. The third kappa shape index (κ3) is 5.18. The Kier molecular flexibility index (Phi) is 7.13. The lowest BCUT2D eigenvalue weighted by Gasteiger charge is -2.53. The monoisotopic (exact) mass is 506 g/mol. The highest BCUT2D eigenvalue weighted by Gasteiger charge is 2.51. The number of nitrogens with one attached hydrogen (secondary N) is 2. The van der Waals surface area contributed by atoms with Crippen molar-refractivity contribution in [2.45, 2.75) is 62.4 Å². The second kappa shape index (κ2) is 10.3. The largest absolute Gasteiger partial charge is 0.469 e. The Hall–Kier alpha value is -2.77. The Bertz CT molecular complexity index is 1100. The molecule has 2 aliphatic heterocycles. The molecule has 36 heavy (non-hydrogen) atoms.